The van der Waals surface area contributed by atoms with Crippen LogP contribution in [0.5, 0.6) is 0 Å². The molecule has 8 nitrogen and oxygen atoms in total. The van der Waals surface area contributed by atoms with Gasteiger partial charge in [0.15, 0.2) is 5.96 Å². The molecule has 0 unspecified atom stereocenters. The number of nitrogens with zero attached hydrogens (tertiary/aromatic N) is 3. The first-order valence-electron chi connectivity index (χ1n) is 8.95. The third kappa shape index (κ3) is 11.4. The smallest absolute Gasteiger partial charge is 0.321 e. The van der Waals surface area contributed by atoms with Gasteiger partial charge in [-0.1, -0.05) is 25.7 Å². The Morgan fingerprint density at radius 1 is 1.12 bits per heavy atom. The van der Waals surface area contributed by atoms with Gasteiger partial charge in [0.2, 0.25) is 0 Å². The summed E-state index contributed by atoms with van der Waals surface area (Å²) in [6, 6.07) is -0.302. The minimum Gasteiger partial charge on any atom is -0.370 e. The zero-order chi connectivity index (χ0) is 18.3. The molecule has 1 rings (SSSR count). The number of rotatable bonds is 12. The molecule has 2 amide bonds. The van der Waals surface area contributed by atoms with E-state index < -0.39 is 0 Å². The Bertz CT molecular complexity index is 518. The summed E-state index contributed by atoms with van der Waals surface area (Å²) in [6.45, 7) is 3.90. The number of aryl methyl sites for hydroxylation is 2. The predicted octanol–water partition coefficient (Wildman–Crippen LogP) is 1.69. The largest absolute Gasteiger partial charge is 0.370 e. The SMILES string of the molecule is Cc1nnc(CCCN=C(N)NC(=O)NCCCCCCCCN)s1. The molecule has 142 valence electrons. The number of urea groups is 1. The second-order valence-electron chi connectivity index (χ2n) is 5.88. The van der Waals surface area contributed by atoms with Crippen molar-refractivity contribution in [3.05, 3.63) is 10.0 Å². The third-order valence-corrected chi connectivity index (χ3v) is 4.46. The molecule has 0 atom stereocenters. The Balaban J connectivity index is 2.01. The fourth-order valence-electron chi connectivity index (χ4n) is 2.25. The van der Waals surface area contributed by atoms with Crippen molar-refractivity contribution in [2.75, 3.05) is 19.6 Å². The number of nitrogens with one attached hydrogen (secondary N) is 2. The highest BCUT2D eigenvalue weighted by molar-refractivity contribution is 7.11. The second kappa shape index (κ2) is 13.5. The number of nitrogens with two attached hydrogens (primary N) is 2. The van der Waals surface area contributed by atoms with E-state index >= 15 is 0 Å². The summed E-state index contributed by atoms with van der Waals surface area (Å²) >= 11 is 1.59. The quantitative estimate of drug-likeness (QED) is 0.253. The van der Waals surface area contributed by atoms with Crippen LogP contribution in [0.4, 0.5) is 4.79 Å². The number of aromatic nitrogens is 2. The molecule has 0 bridgehead atoms. The Morgan fingerprint density at radius 2 is 1.84 bits per heavy atom. The lowest BCUT2D eigenvalue weighted by Crippen LogP contribution is -2.43. The molecule has 0 aliphatic rings. The van der Waals surface area contributed by atoms with Crippen LogP contribution in [0, 0.1) is 6.92 Å². The average molecular weight is 370 g/mol. The zero-order valence-corrected chi connectivity index (χ0v) is 15.9. The normalized spacial score (nSPS) is 11.5. The average Bonchev–Trinajstić information content (AvgIpc) is 2.99. The molecule has 0 saturated carbocycles. The zero-order valence-electron chi connectivity index (χ0n) is 15.1. The maximum absolute atomic E-state index is 11.7. The minimum atomic E-state index is -0.302. The van der Waals surface area contributed by atoms with Crippen LogP contribution in [0.15, 0.2) is 4.99 Å². The molecule has 9 heteroatoms. The number of unbranched alkanes of at least 4 members (excludes halogenated alkanes) is 5. The van der Waals surface area contributed by atoms with Gasteiger partial charge in [-0.2, -0.15) is 0 Å². The maximum atomic E-state index is 11.7. The molecular formula is C16H31N7OS. The summed E-state index contributed by atoms with van der Waals surface area (Å²) < 4.78 is 0. The van der Waals surface area contributed by atoms with Crippen LogP contribution in [0.1, 0.15) is 55.0 Å². The number of guanidine groups is 1. The van der Waals surface area contributed by atoms with Crippen molar-refractivity contribution in [1.82, 2.24) is 20.8 Å². The summed E-state index contributed by atoms with van der Waals surface area (Å²) in [4.78, 5) is 15.8. The van der Waals surface area contributed by atoms with Gasteiger partial charge in [0.25, 0.3) is 0 Å². The number of carbonyl (C=O) groups is 1. The molecule has 0 aliphatic heterocycles. The number of aliphatic imine (C=N–C) groups is 1. The van der Waals surface area contributed by atoms with Crippen LogP contribution in [0.25, 0.3) is 0 Å². The summed E-state index contributed by atoms with van der Waals surface area (Å²) in [6.07, 6.45) is 8.40. The van der Waals surface area contributed by atoms with Crippen molar-refractivity contribution in [2.24, 2.45) is 16.5 Å². The third-order valence-electron chi connectivity index (χ3n) is 3.56. The highest BCUT2D eigenvalue weighted by Gasteiger charge is 2.02. The van der Waals surface area contributed by atoms with Gasteiger partial charge >= 0.3 is 6.03 Å². The van der Waals surface area contributed by atoms with Crippen LogP contribution in [0.3, 0.4) is 0 Å². The molecule has 0 saturated heterocycles. The topological polar surface area (TPSA) is 131 Å². The lowest BCUT2D eigenvalue weighted by Gasteiger charge is -2.07. The molecule has 0 fully saturated rings. The van der Waals surface area contributed by atoms with Crippen LogP contribution in [0.2, 0.25) is 0 Å². The van der Waals surface area contributed by atoms with E-state index in [-0.39, 0.29) is 12.0 Å². The van der Waals surface area contributed by atoms with Gasteiger partial charge in [0, 0.05) is 19.5 Å². The van der Waals surface area contributed by atoms with Crippen molar-refractivity contribution in [3.8, 4) is 0 Å². The van der Waals surface area contributed by atoms with Crippen LogP contribution < -0.4 is 22.1 Å². The van der Waals surface area contributed by atoms with Crippen LogP contribution in [-0.2, 0) is 6.42 Å². The minimum absolute atomic E-state index is 0.146. The first-order valence-corrected chi connectivity index (χ1v) is 9.77. The second-order valence-corrected chi connectivity index (χ2v) is 7.14. The summed E-state index contributed by atoms with van der Waals surface area (Å²) in [5.41, 5.74) is 11.1. The molecule has 0 aliphatic carbocycles. The molecule has 1 aromatic rings. The summed E-state index contributed by atoms with van der Waals surface area (Å²) in [5, 5.41) is 15.3. The van der Waals surface area contributed by atoms with E-state index in [1.54, 1.807) is 11.3 Å². The Hall–Kier alpha value is -1.74. The number of carbonyl (C=O) groups excluding carboxylic acids is 1. The van der Waals surface area contributed by atoms with Gasteiger partial charge in [-0.25, -0.2) is 4.79 Å². The fourth-order valence-corrected chi connectivity index (χ4v) is 3.00. The summed E-state index contributed by atoms with van der Waals surface area (Å²) in [5.74, 6) is 0.146. The Kier molecular flexibility index (Phi) is 11.5. The highest BCUT2D eigenvalue weighted by Crippen LogP contribution is 2.09. The van der Waals surface area contributed by atoms with Gasteiger partial charge in [-0.15, -0.1) is 21.5 Å². The van der Waals surface area contributed by atoms with Gasteiger partial charge in [-0.3, -0.25) is 10.3 Å². The highest BCUT2D eigenvalue weighted by atomic mass is 32.1. The van der Waals surface area contributed by atoms with Crippen LogP contribution in [-0.4, -0.2) is 41.8 Å². The number of amides is 2. The lowest BCUT2D eigenvalue weighted by atomic mass is 10.1. The van der Waals surface area contributed by atoms with E-state index in [4.69, 9.17) is 11.5 Å². The molecule has 0 spiro atoms. The molecule has 0 aromatic carbocycles. The molecule has 25 heavy (non-hydrogen) atoms. The maximum Gasteiger partial charge on any atom is 0.321 e. The predicted molar refractivity (Wildman–Crippen MR) is 103 cm³/mol. The van der Waals surface area contributed by atoms with Crippen molar-refractivity contribution in [2.45, 2.75) is 58.3 Å². The fraction of sp³-hybridized carbons (Fsp3) is 0.750. The number of hydrogen-bond acceptors (Lipinski definition) is 6. The Morgan fingerprint density at radius 3 is 2.52 bits per heavy atom. The van der Waals surface area contributed by atoms with E-state index in [0.29, 0.717) is 13.1 Å². The standard InChI is InChI=1S/C16H31N7OS/c1-13-22-23-14(25-13)9-8-12-19-15(18)21-16(24)20-11-7-5-3-2-4-6-10-17/h2-12,17H2,1H3,(H4,18,19,20,21,24). The van der Waals surface area contributed by atoms with E-state index in [2.05, 4.69) is 25.8 Å². The van der Waals surface area contributed by atoms with Crippen LogP contribution >= 0.6 is 11.3 Å². The van der Waals surface area contributed by atoms with E-state index in [1.165, 1.54) is 19.3 Å². The number of hydrogen-bond donors (Lipinski definition) is 4. The first kappa shape index (κ1) is 21.3. The molecular weight excluding hydrogens is 338 g/mol. The Labute approximate surface area is 153 Å². The van der Waals surface area contributed by atoms with Gasteiger partial charge in [0.05, 0.1) is 0 Å². The lowest BCUT2D eigenvalue weighted by molar-refractivity contribution is 0.245. The van der Waals surface area contributed by atoms with E-state index in [1.807, 2.05) is 6.92 Å². The first-order chi connectivity index (χ1) is 12.1. The summed E-state index contributed by atoms with van der Waals surface area (Å²) in [7, 11) is 0. The van der Waals surface area contributed by atoms with E-state index in [9.17, 15) is 4.79 Å². The van der Waals surface area contributed by atoms with E-state index in [0.717, 1.165) is 48.7 Å². The van der Waals surface area contributed by atoms with Crippen molar-refractivity contribution >= 4 is 23.3 Å². The van der Waals surface area contributed by atoms with Gasteiger partial charge in [-0.05, 0) is 32.7 Å². The van der Waals surface area contributed by atoms with Gasteiger partial charge < -0.3 is 16.8 Å². The molecule has 1 heterocycles. The van der Waals surface area contributed by atoms with Gasteiger partial charge in [0.1, 0.15) is 10.0 Å². The molecule has 0 radical (unpaired) electrons. The molecule has 1 aromatic heterocycles. The van der Waals surface area contributed by atoms with Crippen molar-refractivity contribution in [3.63, 3.8) is 0 Å². The van der Waals surface area contributed by atoms with Crippen molar-refractivity contribution in [1.29, 1.82) is 0 Å². The van der Waals surface area contributed by atoms with Crippen molar-refractivity contribution < 1.29 is 4.79 Å². The monoisotopic (exact) mass is 369 g/mol. The molecule has 6 N–H and O–H groups in total.